The second-order valence-corrected chi connectivity index (χ2v) is 12.6. The van der Waals surface area contributed by atoms with E-state index in [-0.39, 0.29) is 47.1 Å². The van der Waals surface area contributed by atoms with Gasteiger partial charge in [0.1, 0.15) is 11.8 Å². The van der Waals surface area contributed by atoms with E-state index in [1.165, 1.54) is 12.1 Å². The van der Waals surface area contributed by atoms with Gasteiger partial charge in [0, 0.05) is 31.1 Å². The highest BCUT2D eigenvalue weighted by molar-refractivity contribution is 7.20. The first kappa shape index (κ1) is 38.2. The molecule has 2 heterocycles. The van der Waals surface area contributed by atoms with Crippen LogP contribution in [0, 0.1) is 11.8 Å². The number of hydrogen-bond donors (Lipinski definition) is 4. The van der Waals surface area contributed by atoms with E-state index in [4.69, 9.17) is 5.73 Å². The minimum Gasteiger partial charge on any atom is -0.467 e. The molecule has 0 aliphatic carbocycles. The molecule has 0 bridgehead atoms. The van der Waals surface area contributed by atoms with Crippen LogP contribution in [0.15, 0.2) is 36.4 Å². The third kappa shape index (κ3) is 10.7. The van der Waals surface area contributed by atoms with Crippen LogP contribution in [0.1, 0.15) is 53.4 Å². The first-order valence-electron chi connectivity index (χ1n) is 15.9. The number of fused-ring (bicyclic) bond motifs is 1. The Labute approximate surface area is 289 Å². The van der Waals surface area contributed by atoms with E-state index in [1.54, 1.807) is 12.1 Å². The Bertz CT molecular complexity index is 1730. The molecule has 2 aromatic carbocycles. The van der Waals surface area contributed by atoms with Crippen molar-refractivity contribution >= 4 is 50.6 Å². The molecule has 0 saturated carbocycles. The van der Waals surface area contributed by atoms with Gasteiger partial charge < -0.3 is 36.1 Å². The molecule has 270 valence electrons. The summed E-state index contributed by atoms with van der Waals surface area (Å²) < 4.78 is 77.6. The molecule has 0 radical (unpaired) electrons. The first-order valence-corrected chi connectivity index (χ1v) is 16.7. The fourth-order valence-electron chi connectivity index (χ4n) is 5.56. The number of nitrogens with two attached hydrogens (primary N) is 1. The van der Waals surface area contributed by atoms with Gasteiger partial charge in [-0.1, -0.05) is 30.9 Å². The van der Waals surface area contributed by atoms with E-state index in [0.29, 0.717) is 10.1 Å². The Morgan fingerprint density at radius 2 is 1.86 bits per heavy atom. The summed E-state index contributed by atoms with van der Waals surface area (Å²) in [5, 5.41) is 9.17. The number of thiophene rings is 1. The number of hydrogen-bond acceptors (Lipinski definition) is 9. The van der Waals surface area contributed by atoms with Crippen LogP contribution < -0.4 is 26.4 Å². The van der Waals surface area contributed by atoms with Gasteiger partial charge in [-0.2, -0.15) is 22.0 Å². The number of carbonyl (C=O) groups excluding carboxylic acids is 3. The number of anilines is 2. The zero-order valence-corrected chi connectivity index (χ0v) is 28.2. The Balaban J connectivity index is 1.54. The fraction of sp³-hybridized carbons (Fsp3) is 0.441. The zero-order chi connectivity index (χ0) is 36.4. The Hall–Kier alpha value is -4.62. The van der Waals surface area contributed by atoms with Gasteiger partial charge in [-0.15, -0.1) is 11.3 Å². The largest absolute Gasteiger partial charge is 0.467 e. The highest BCUT2D eigenvalue weighted by Crippen LogP contribution is 2.39. The van der Waals surface area contributed by atoms with Gasteiger partial charge in [0.05, 0.1) is 41.0 Å². The number of primary amides is 1. The first-order chi connectivity index (χ1) is 23.8. The molecule has 1 unspecified atom stereocenters. The molecular weight excluding hydrogens is 685 g/mol. The van der Waals surface area contributed by atoms with Crippen LogP contribution in [-0.2, 0) is 20.7 Å². The highest BCUT2D eigenvalue weighted by Gasteiger charge is 2.31. The number of piperidine rings is 1. The third-order valence-corrected chi connectivity index (χ3v) is 9.29. The summed E-state index contributed by atoms with van der Waals surface area (Å²) in [6, 6.07) is 7.77. The summed E-state index contributed by atoms with van der Waals surface area (Å²) in [5.41, 5.74) is 5.83. The fourth-order valence-corrected chi connectivity index (χ4v) is 6.73. The second kappa shape index (κ2) is 17.3. The highest BCUT2D eigenvalue weighted by atomic mass is 32.1. The van der Waals surface area contributed by atoms with E-state index < -0.39 is 48.8 Å². The van der Waals surface area contributed by atoms with Crippen LogP contribution in [0.25, 0.3) is 10.1 Å². The lowest BCUT2D eigenvalue weighted by Gasteiger charge is -2.32. The Morgan fingerprint density at radius 1 is 1.12 bits per heavy atom. The molecule has 1 saturated heterocycles. The topological polar surface area (TPSA) is 135 Å². The molecule has 1 aromatic heterocycles. The lowest BCUT2D eigenvalue weighted by molar-refractivity contribution is -0.143. The van der Waals surface area contributed by atoms with E-state index in [0.717, 1.165) is 62.7 Å². The summed E-state index contributed by atoms with van der Waals surface area (Å²) in [6.07, 6.45) is -4.19. The number of likely N-dealkylation sites (tertiary alicyclic amines) is 1. The van der Waals surface area contributed by atoms with Crippen LogP contribution in [0.2, 0.25) is 0 Å². The molecule has 5 N–H and O–H groups in total. The van der Waals surface area contributed by atoms with Crippen LogP contribution in [0.4, 0.5) is 33.3 Å². The lowest BCUT2D eigenvalue weighted by atomic mass is 10.0. The summed E-state index contributed by atoms with van der Waals surface area (Å²) in [5.74, 6) is 2.82. The molecule has 16 heteroatoms. The number of methoxy groups -OCH3 is 1. The Kier molecular flexibility index (Phi) is 13.3. The Morgan fingerprint density at radius 3 is 2.50 bits per heavy atom. The van der Waals surface area contributed by atoms with Gasteiger partial charge in [-0.25, -0.2) is 4.79 Å². The standard InChI is InChI=1S/C34H38F5N5O5S/c1-3-44-16-13-21(14-17-44)42-25-7-4-6-22-23(19-34(37,38)39)28(50-30(22)25)8-5-15-41-24-10-9-20(18-27(24)49-33(35)36)31(46)43-26(32(47)48-2)11-12-29(40)45/h4,6-7,9-10,18,21,26,33,41-42H,3,11-17,19H2,1-2H3,(H2,40,45)(H,43,46). The van der Waals surface area contributed by atoms with Gasteiger partial charge >= 0.3 is 18.8 Å². The molecule has 1 fully saturated rings. The number of esters is 1. The molecular formula is C34H38F5N5O5S. The van der Waals surface area contributed by atoms with Crippen LogP contribution >= 0.6 is 11.3 Å². The van der Waals surface area contributed by atoms with Gasteiger partial charge in [0.15, 0.2) is 0 Å². The number of carbonyl (C=O) groups is 3. The van der Waals surface area contributed by atoms with Crippen LogP contribution in [0.5, 0.6) is 5.75 Å². The second-order valence-electron chi connectivity index (χ2n) is 11.5. The molecule has 3 aromatic rings. The molecule has 4 rings (SSSR count). The van der Waals surface area contributed by atoms with Crippen molar-refractivity contribution in [3.8, 4) is 17.6 Å². The SMILES string of the molecule is CCN1CCC(Nc2cccc3c(CC(F)(F)F)c(C#CCNc4ccc(C(=O)NC(CCC(N)=O)C(=O)OC)cc4OC(F)F)sc23)CC1. The van der Waals surface area contributed by atoms with Crippen LogP contribution in [-0.4, -0.2) is 80.8 Å². The molecule has 10 nitrogen and oxygen atoms in total. The molecule has 0 spiro atoms. The number of amides is 2. The van der Waals surface area contributed by atoms with E-state index in [2.05, 4.69) is 49.1 Å². The number of rotatable bonds is 14. The molecule has 1 atom stereocenters. The van der Waals surface area contributed by atoms with Crippen LogP contribution in [0.3, 0.4) is 0 Å². The van der Waals surface area contributed by atoms with Crippen molar-refractivity contribution in [3.63, 3.8) is 0 Å². The van der Waals surface area contributed by atoms with Crippen molar-refractivity contribution in [2.75, 3.05) is 43.9 Å². The summed E-state index contributed by atoms with van der Waals surface area (Å²) >= 11 is 1.16. The smallest absolute Gasteiger partial charge is 0.393 e. The maximum atomic E-state index is 13.7. The van der Waals surface area contributed by atoms with Crippen molar-refractivity contribution in [2.45, 2.75) is 63.9 Å². The zero-order valence-electron chi connectivity index (χ0n) is 27.4. The number of benzene rings is 2. The molecule has 2 amide bonds. The van der Waals surface area contributed by atoms with Crippen molar-refractivity contribution in [2.24, 2.45) is 5.73 Å². The summed E-state index contributed by atoms with van der Waals surface area (Å²) in [4.78, 5) is 38.7. The summed E-state index contributed by atoms with van der Waals surface area (Å²) in [7, 11) is 1.09. The third-order valence-electron chi connectivity index (χ3n) is 8.09. The van der Waals surface area contributed by atoms with Gasteiger partial charge in [0.25, 0.3) is 5.91 Å². The van der Waals surface area contributed by atoms with Crippen molar-refractivity contribution in [3.05, 3.63) is 52.4 Å². The van der Waals surface area contributed by atoms with Crippen molar-refractivity contribution in [1.29, 1.82) is 0 Å². The average Bonchev–Trinajstić information content (AvgIpc) is 3.41. The maximum Gasteiger partial charge on any atom is 0.393 e. The normalized spacial score (nSPS) is 14.5. The molecule has 1 aliphatic rings. The quantitative estimate of drug-likeness (QED) is 0.0974. The summed E-state index contributed by atoms with van der Waals surface area (Å²) in [6.45, 7) is 1.52. The minimum absolute atomic E-state index is 0.0295. The monoisotopic (exact) mass is 723 g/mol. The minimum atomic E-state index is -4.48. The van der Waals surface area contributed by atoms with Gasteiger partial charge in [-0.05, 0) is 61.0 Å². The van der Waals surface area contributed by atoms with E-state index in [9.17, 15) is 36.3 Å². The van der Waals surface area contributed by atoms with Crippen molar-refractivity contribution in [1.82, 2.24) is 10.2 Å². The van der Waals surface area contributed by atoms with Crippen molar-refractivity contribution < 1.29 is 45.8 Å². The number of halogens is 5. The van der Waals surface area contributed by atoms with E-state index >= 15 is 0 Å². The lowest BCUT2D eigenvalue weighted by Crippen LogP contribution is -2.42. The maximum absolute atomic E-state index is 13.7. The average molecular weight is 724 g/mol. The predicted molar refractivity (Wildman–Crippen MR) is 180 cm³/mol. The number of nitrogens with one attached hydrogen (secondary N) is 3. The number of ether oxygens (including phenoxy) is 2. The molecule has 50 heavy (non-hydrogen) atoms. The van der Waals surface area contributed by atoms with E-state index in [1.807, 2.05) is 6.07 Å². The number of alkyl halides is 5. The van der Waals surface area contributed by atoms with Gasteiger partial charge in [0.2, 0.25) is 5.91 Å². The number of nitrogens with zero attached hydrogens (tertiary/aromatic N) is 1. The predicted octanol–water partition coefficient (Wildman–Crippen LogP) is 5.50. The molecule has 1 aliphatic heterocycles. The van der Waals surface area contributed by atoms with Gasteiger partial charge in [-0.3, -0.25) is 9.59 Å².